The van der Waals surface area contributed by atoms with Gasteiger partial charge in [-0.1, -0.05) is 5.21 Å². The molecule has 0 saturated carbocycles. The summed E-state index contributed by atoms with van der Waals surface area (Å²) < 4.78 is 7.64. The smallest absolute Gasteiger partial charge is 0.251 e. The van der Waals surface area contributed by atoms with E-state index >= 15 is 0 Å². The molecule has 26 heavy (non-hydrogen) atoms. The van der Waals surface area contributed by atoms with E-state index in [0.29, 0.717) is 12.1 Å². The molecule has 1 aliphatic heterocycles. The summed E-state index contributed by atoms with van der Waals surface area (Å²) in [4.78, 5) is 15.0. The topological polar surface area (TPSA) is 72.3 Å². The van der Waals surface area contributed by atoms with Gasteiger partial charge in [-0.15, -0.1) is 5.10 Å². The zero-order chi connectivity index (χ0) is 18.9. The fourth-order valence-electron chi connectivity index (χ4n) is 3.53. The molecule has 1 aromatic carbocycles. The number of hydrogen-bond acceptors (Lipinski definition) is 5. The lowest BCUT2D eigenvalue weighted by Crippen LogP contribution is -2.58. The average Bonchev–Trinajstić information content (AvgIpc) is 3.01. The van der Waals surface area contributed by atoms with Crippen molar-refractivity contribution in [3.8, 4) is 0 Å². The molecule has 1 N–H and O–H groups in total. The number of carbonyl (C=O) groups is 1. The Morgan fingerprint density at radius 1 is 1.31 bits per heavy atom. The van der Waals surface area contributed by atoms with Gasteiger partial charge >= 0.3 is 0 Å². The monoisotopic (exact) mass is 359 g/mol. The lowest BCUT2D eigenvalue weighted by atomic mass is 10.00. The molecular weight excluding hydrogens is 330 g/mol. The molecule has 0 radical (unpaired) electrons. The Labute approximate surface area is 154 Å². The Morgan fingerprint density at radius 2 is 2.00 bits per heavy atom. The van der Waals surface area contributed by atoms with Gasteiger partial charge in [0.15, 0.2) is 0 Å². The largest absolute Gasteiger partial charge is 0.373 e. The molecule has 142 valence electrons. The third-order valence-electron chi connectivity index (χ3n) is 5.03. The molecule has 0 bridgehead atoms. The molecule has 2 unspecified atom stereocenters. The van der Waals surface area contributed by atoms with Gasteiger partial charge in [-0.05, 0) is 52.8 Å². The summed E-state index contributed by atoms with van der Waals surface area (Å²) in [6.07, 6.45) is 0.412. The van der Waals surface area contributed by atoms with Crippen molar-refractivity contribution in [1.82, 2.24) is 25.2 Å². The number of hydrogen-bond donors (Lipinski definition) is 1. The number of nitrogens with one attached hydrogen (secondary N) is 1. The van der Waals surface area contributed by atoms with E-state index in [0.717, 1.165) is 30.7 Å². The third kappa shape index (κ3) is 3.88. The molecule has 0 aliphatic carbocycles. The first-order chi connectivity index (χ1) is 12.3. The highest BCUT2D eigenvalue weighted by molar-refractivity contribution is 5.97. The van der Waals surface area contributed by atoms with Crippen LogP contribution < -0.4 is 5.32 Å². The van der Waals surface area contributed by atoms with Gasteiger partial charge in [0.2, 0.25) is 0 Å². The molecule has 1 saturated heterocycles. The first-order valence-corrected chi connectivity index (χ1v) is 9.32. The van der Waals surface area contributed by atoms with Crippen LogP contribution in [0, 0.1) is 0 Å². The maximum Gasteiger partial charge on any atom is 0.251 e. The maximum absolute atomic E-state index is 12.6. The van der Waals surface area contributed by atoms with Crippen LogP contribution in [0.4, 0.5) is 0 Å². The maximum atomic E-state index is 12.6. The van der Waals surface area contributed by atoms with Crippen LogP contribution in [0.2, 0.25) is 0 Å². The molecule has 7 nitrogen and oxygen atoms in total. The number of fused-ring (bicyclic) bond motifs is 1. The van der Waals surface area contributed by atoms with Crippen molar-refractivity contribution in [2.24, 2.45) is 0 Å². The Hall–Kier alpha value is -1.99. The van der Waals surface area contributed by atoms with Gasteiger partial charge in [-0.3, -0.25) is 9.69 Å². The normalized spacial score (nSPS) is 21.9. The molecule has 1 aliphatic rings. The predicted octanol–water partition coefficient (Wildman–Crippen LogP) is 2.07. The van der Waals surface area contributed by atoms with Gasteiger partial charge < -0.3 is 10.1 Å². The highest BCUT2D eigenvalue weighted by Crippen LogP contribution is 2.21. The van der Waals surface area contributed by atoms with Gasteiger partial charge in [0.25, 0.3) is 5.91 Å². The Balaban J connectivity index is 1.66. The lowest BCUT2D eigenvalue weighted by Gasteiger charge is -2.45. The molecular formula is C19H29N5O2. The standard InChI is InChI=1S/C19H29N5O2/c1-6-24-17-8-7-15(9-16(17)21-22-24)18(25)20-12-19(4,5)23-10-13(2)26-14(3)11-23/h7-9,13-14H,6,10-12H2,1-5H3,(H,20,25). The number of morpholine rings is 1. The van der Waals surface area contributed by atoms with E-state index in [1.54, 1.807) is 6.07 Å². The summed E-state index contributed by atoms with van der Waals surface area (Å²) in [5.74, 6) is -0.0830. The molecule has 0 spiro atoms. The summed E-state index contributed by atoms with van der Waals surface area (Å²) >= 11 is 0. The Kier molecular flexibility index (Phi) is 5.29. The highest BCUT2D eigenvalue weighted by Gasteiger charge is 2.33. The number of rotatable bonds is 5. The van der Waals surface area contributed by atoms with E-state index < -0.39 is 0 Å². The molecule has 1 amide bonds. The molecule has 7 heteroatoms. The van der Waals surface area contributed by atoms with E-state index in [9.17, 15) is 4.79 Å². The minimum Gasteiger partial charge on any atom is -0.373 e. The van der Waals surface area contributed by atoms with Crippen molar-refractivity contribution in [3.05, 3.63) is 23.8 Å². The van der Waals surface area contributed by atoms with Crippen LogP contribution >= 0.6 is 0 Å². The minimum absolute atomic E-state index is 0.0830. The summed E-state index contributed by atoms with van der Waals surface area (Å²) in [5.41, 5.74) is 2.16. The zero-order valence-electron chi connectivity index (χ0n) is 16.3. The second-order valence-corrected chi connectivity index (χ2v) is 7.77. The fourth-order valence-corrected chi connectivity index (χ4v) is 3.53. The van der Waals surface area contributed by atoms with Crippen LogP contribution in [0.3, 0.4) is 0 Å². The summed E-state index contributed by atoms with van der Waals surface area (Å²) in [7, 11) is 0. The van der Waals surface area contributed by atoms with Crippen LogP contribution in [0.5, 0.6) is 0 Å². The van der Waals surface area contributed by atoms with Gasteiger partial charge in [0.1, 0.15) is 5.52 Å². The third-order valence-corrected chi connectivity index (χ3v) is 5.03. The van der Waals surface area contributed by atoms with Crippen molar-refractivity contribution in [3.63, 3.8) is 0 Å². The molecule has 1 aromatic heterocycles. The van der Waals surface area contributed by atoms with Crippen molar-refractivity contribution >= 4 is 16.9 Å². The quantitative estimate of drug-likeness (QED) is 0.885. The number of nitrogens with zero attached hydrogens (tertiary/aromatic N) is 4. The molecule has 2 aromatic rings. The fraction of sp³-hybridized carbons (Fsp3) is 0.632. The van der Waals surface area contributed by atoms with E-state index in [2.05, 4.69) is 48.2 Å². The van der Waals surface area contributed by atoms with E-state index in [1.165, 1.54) is 0 Å². The highest BCUT2D eigenvalue weighted by atomic mass is 16.5. The minimum atomic E-state index is -0.141. The molecule has 2 heterocycles. The van der Waals surface area contributed by atoms with Gasteiger partial charge in [0.05, 0.1) is 17.7 Å². The first-order valence-electron chi connectivity index (χ1n) is 9.32. The van der Waals surface area contributed by atoms with Crippen LogP contribution in [0.15, 0.2) is 18.2 Å². The second-order valence-electron chi connectivity index (χ2n) is 7.77. The van der Waals surface area contributed by atoms with Gasteiger partial charge in [0, 0.05) is 37.3 Å². The van der Waals surface area contributed by atoms with Crippen LogP contribution in [-0.4, -0.2) is 63.2 Å². The van der Waals surface area contributed by atoms with Crippen LogP contribution in [0.1, 0.15) is 45.0 Å². The van der Waals surface area contributed by atoms with Gasteiger partial charge in [-0.2, -0.15) is 0 Å². The number of aromatic nitrogens is 3. The second kappa shape index (κ2) is 7.32. The van der Waals surface area contributed by atoms with Crippen molar-refractivity contribution in [1.29, 1.82) is 0 Å². The number of carbonyl (C=O) groups excluding carboxylic acids is 1. The molecule has 1 fully saturated rings. The number of amides is 1. The molecule has 3 rings (SSSR count). The van der Waals surface area contributed by atoms with E-state index in [4.69, 9.17) is 4.74 Å². The summed E-state index contributed by atoms with van der Waals surface area (Å²) in [6.45, 7) is 13.6. The van der Waals surface area contributed by atoms with Crippen molar-refractivity contribution < 1.29 is 9.53 Å². The van der Waals surface area contributed by atoms with Gasteiger partial charge in [-0.25, -0.2) is 4.68 Å². The van der Waals surface area contributed by atoms with E-state index in [-0.39, 0.29) is 23.7 Å². The Morgan fingerprint density at radius 3 is 2.65 bits per heavy atom. The molecule has 2 atom stereocenters. The number of benzene rings is 1. The summed E-state index contributed by atoms with van der Waals surface area (Å²) in [5, 5.41) is 11.3. The van der Waals surface area contributed by atoms with E-state index in [1.807, 2.05) is 23.7 Å². The summed E-state index contributed by atoms with van der Waals surface area (Å²) in [6, 6.07) is 5.54. The first kappa shape index (κ1) is 18.8. The van der Waals surface area contributed by atoms with Crippen LogP contribution in [-0.2, 0) is 11.3 Å². The van der Waals surface area contributed by atoms with Crippen molar-refractivity contribution in [2.75, 3.05) is 19.6 Å². The number of aryl methyl sites for hydroxylation is 1. The lowest BCUT2D eigenvalue weighted by molar-refractivity contribution is -0.0948. The van der Waals surface area contributed by atoms with Crippen molar-refractivity contribution in [2.45, 2.75) is 58.9 Å². The predicted molar refractivity (Wildman–Crippen MR) is 101 cm³/mol. The number of ether oxygens (including phenoxy) is 1. The Bertz CT molecular complexity index is 775. The SMILES string of the molecule is CCn1nnc2cc(C(=O)NCC(C)(C)N3CC(C)OC(C)C3)ccc21. The zero-order valence-corrected chi connectivity index (χ0v) is 16.3. The average molecular weight is 359 g/mol. The van der Waals surface area contributed by atoms with Crippen LogP contribution in [0.25, 0.3) is 11.0 Å².